The Morgan fingerprint density at radius 3 is 2.29 bits per heavy atom. The molecule has 0 aromatic heterocycles. The molecule has 1 aromatic rings. The Labute approximate surface area is 130 Å². The smallest absolute Gasteiger partial charge is 0.279 e. The summed E-state index contributed by atoms with van der Waals surface area (Å²) in [4.78, 5) is 15.2. The molecule has 0 saturated carbocycles. The number of hydrogen-bond donors (Lipinski definition) is 1. The van der Waals surface area contributed by atoms with E-state index in [2.05, 4.69) is 16.3 Å². The van der Waals surface area contributed by atoms with Gasteiger partial charge in [-0.2, -0.15) is 0 Å². The zero-order chi connectivity index (χ0) is 16.3. The molecule has 0 aliphatic carbocycles. The van der Waals surface area contributed by atoms with Crippen molar-refractivity contribution in [2.45, 2.75) is 20.8 Å². The summed E-state index contributed by atoms with van der Waals surface area (Å²) in [5.74, 6) is -0.371. The van der Waals surface area contributed by atoms with Crippen molar-refractivity contribution < 1.29 is 9.18 Å². The number of carbonyl (C=O) groups excluding carboxylic acids is 1. The van der Waals surface area contributed by atoms with Crippen molar-refractivity contribution >= 4 is 23.6 Å². The number of allylic oxidation sites excluding steroid dienone is 1. The Morgan fingerprint density at radius 2 is 1.90 bits per heavy atom. The maximum Gasteiger partial charge on any atom is 0.279 e. The molecule has 1 amide bonds. The van der Waals surface area contributed by atoms with E-state index in [0.717, 1.165) is 23.1 Å². The molecule has 3 nitrogen and oxygen atoms in total. The van der Waals surface area contributed by atoms with E-state index in [-0.39, 0.29) is 11.7 Å². The first-order valence-electron chi connectivity index (χ1n) is 6.31. The molecule has 0 aliphatic heterocycles. The third-order valence-electron chi connectivity index (χ3n) is 2.14. The minimum Gasteiger partial charge on any atom is -0.291 e. The summed E-state index contributed by atoms with van der Waals surface area (Å²) in [5.41, 5.74) is 2.56. The molecule has 21 heavy (non-hydrogen) atoms. The van der Waals surface area contributed by atoms with Gasteiger partial charge in [-0.15, -0.1) is 0 Å². The van der Waals surface area contributed by atoms with Crippen LogP contribution in [0.25, 0.3) is 0 Å². The van der Waals surface area contributed by atoms with Gasteiger partial charge in [0.05, 0.1) is 0 Å². The predicted octanol–water partition coefficient (Wildman–Crippen LogP) is 4.07. The normalized spacial score (nSPS) is 10.0. The Balaban J connectivity index is 0.000000423. The zero-order valence-corrected chi connectivity index (χ0v) is 13.6. The largest absolute Gasteiger partial charge is 0.291 e. The van der Waals surface area contributed by atoms with Crippen LogP contribution in [0.3, 0.4) is 0 Å². The molecule has 1 N–H and O–H groups in total. The summed E-state index contributed by atoms with van der Waals surface area (Å²) < 4.78 is 14.7. The Kier molecular flexibility index (Phi) is 9.88. The number of nitrogens with one attached hydrogen (secondary N) is 1. The number of hydrogen-bond acceptors (Lipinski definition) is 3. The second-order valence-electron chi connectivity index (χ2n) is 4.34. The minimum absolute atomic E-state index is 0.171. The van der Waals surface area contributed by atoms with Gasteiger partial charge in [-0.05, 0) is 56.3 Å². The summed E-state index contributed by atoms with van der Waals surface area (Å²) >= 11 is 1.14. The van der Waals surface area contributed by atoms with Crippen LogP contribution in [-0.2, 0) is 4.79 Å². The second-order valence-corrected chi connectivity index (χ2v) is 5.11. The molecule has 0 bridgehead atoms. The first-order valence-corrected chi connectivity index (χ1v) is 7.19. The van der Waals surface area contributed by atoms with Crippen molar-refractivity contribution in [1.29, 1.82) is 0 Å². The lowest BCUT2D eigenvalue weighted by Crippen LogP contribution is -2.24. The molecule has 0 heterocycles. The van der Waals surface area contributed by atoms with Gasteiger partial charge in [0.2, 0.25) is 0 Å². The van der Waals surface area contributed by atoms with Crippen LogP contribution in [0.2, 0.25) is 0 Å². The first kappa shape index (κ1) is 19.1. The van der Waals surface area contributed by atoms with Gasteiger partial charge in [0, 0.05) is 7.05 Å². The third-order valence-corrected chi connectivity index (χ3v) is 2.61. The highest BCUT2D eigenvalue weighted by Crippen LogP contribution is 1.99. The van der Waals surface area contributed by atoms with Gasteiger partial charge in [0.25, 0.3) is 5.91 Å². The summed E-state index contributed by atoms with van der Waals surface area (Å²) in [7, 11) is 1.59. The van der Waals surface area contributed by atoms with E-state index in [1.54, 1.807) is 30.7 Å². The Hall–Kier alpha value is -1.88. The summed E-state index contributed by atoms with van der Waals surface area (Å²) in [6, 6.07) is 6.40. The van der Waals surface area contributed by atoms with Crippen LogP contribution >= 0.6 is 11.9 Å². The standard InChI is InChI=1S/C9H14N2OS.C7H7F/c1-5-13-11-9(12)8(10-4)6-7(2)3;1-6-2-4-7(8)5-3-6/h5-6H,1H2,2-4H3,(H,11,12);2-5H,1H3. The molecule has 0 saturated heterocycles. The van der Waals surface area contributed by atoms with Crippen LogP contribution in [-0.4, -0.2) is 18.7 Å². The lowest BCUT2D eigenvalue weighted by atomic mass is 10.2. The average molecular weight is 308 g/mol. The van der Waals surface area contributed by atoms with Crippen molar-refractivity contribution in [1.82, 2.24) is 4.72 Å². The number of aliphatic imine (C=N–C) groups is 1. The van der Waals surface area contributed by atoms with Crippen molar-refractivity contribution in [2.75, 3.05) is 7.05 Å². The monoisotopic (exact) mass is 308 g/mol. The van der Waals surface area contributed by atoms with Crippen LogP contribution in [0.5, 0.6) is 0 Å². The van der Waals surface area contributed by atoms with E-state index < -0.39 is 0 Å². The van der Waals surface area contributed by atoms with Crippen LogP contribution in [0.4, 0.5) is 4.39 Å². The molecule has 5 heteroatoms. The maximum absolute atomic E-state index is 12.1. The number of halogens is 1. The molecule has 114 valence electrons. The maximum atomic E-state index is 12.1. The Morgan fingerprint density at radius 1 is 1.33 bits per heavy atom. The predicted molar refractivity (Wildman–Crippen MR) is 89.9 cm³/mol. The van der Waals surface area contributed by atoms with Crippen LogP contribution in [0.15, 0.2) is 52.9 Å². The fourth-order valence-corrected chi connectivity index (χ4v) is 1.48. The Bertz CT molecular complexity index is 497. The molecule has 0 atom stereocenters. The van der Waals surface area contributed by atoms with Gasteiger partial charge >= 0.3 is 0 Å². The lowest BCUT2D eigenvalue weighted by Gasteiger charge is -2.00. The SMILES string of the molecule is C=CSNC(=O)C(C=C(C)C)=NC.Cc1ccc(F)cc1. The van der Waals surface area contributed by atoms with Crippen LogP contribution in [0, 0.1) is 12.7 Å². The van der Waals surface area contributed by atoms with Crippen molar-refractivity contribution in [3.63, 3.8) is 0 Å². The van der Waals surface area contributed by atoms with Crippen molar-refractivity contribution in [2.24, 2.45) is 4.99 Å². The van der Waals surface area contributed by atoms with Crippen molar-refractivity contribution in [3.05, 3.63) is 59.3 Å². The number of rotatable bonds is 4. The van der Waals surface area contributed by atoms with E-state index in [9.17, 15) is 9.18 Å². The first-order chi connectivity index (χ1) is 9.90. The van der Waals surface area contributed by atoms with Crippen LogP contribution in [0.1, 0.15) is 19.4 Å². The van der Waals surface area contributed by atoms with Gasteiger partial charge in [-0.1, -0.05) is 29.8 Å². The van der Waals surface area contributed by atoms with E-state index in [1.165, 1.54) is 12.1 Å². The molecular formula is C16H21FN2OS. The third kappa shape index (κ3) is 9.62. The van der Waals surface area contributed by atoms with E-state index in [1.807, 2.05) is 20.8 Å². The molecular weight excluding hydrogens is 287 g/mol. The molecule has 1 rings (SSSR count). The van der Waals surface area contributed by atoms with Gasteiger partial charge in [0.15, 0.2) is 0 Å². The summed E-state index contributed by atoms with van der Waals surface area (Å²) in [6.07, 6.45) is 1.74. The lowest BCUT2D eigenvalue weighted by molar-refractivity contribution is -0.113. The minimum atomic E-state index is -0.200. The zero-order valence-electron chi connectivity index (χ0n) is 12.8. The molecule has 0 unspecified atom stereocenters. The number of amides is 1. The molecule has 0 fully saturated rings. The molecule has 0 aliphatic rings. The number of benzene rings is 1. The number of aryl methyl sites for hydroxylation is 1. The highest BCUT2D eigenvalue weighted by Gasteiger charge is 2.05. The quantitative estimate of drug-likeness (QED) is 0.673. The summed E-state index contributed by atoms with van der Waals surface area (Å²) in [5, 5.41) is 1.55. The fraction of sp³-hybridized carbons (Fsp3) is 0.250. The molecule has 1 aromatic carbocycles. The number of nitrogens with zero attached hydrogens (tertiary/aromatic N) is 1. The van der Waals surface area contributed by atoms with Crippen molar-refractivity contribution in [3.8, 4) is 0 Å². The van der Waals surface area contributed by atoms with Crippen LogP contribution < -0.4 is 4.72 Å². The molecule has 0 radical (unpaired) electrons. The highest BCUT2D eigenvalue weighted by molar-refractivity contribution is 8.00. The topological polar surface area (TPSA) is 41.5 Å². The van der Waals surface area contributed by atoms with E-state index in [0.29, 0.717) is 5.71 Å². The van der Waals surface area contributed by atoms with Gasteiger partial charge in [-0.3, -0.25) is 14.5 Å². The fourth-order valence-electron chi connectivity index (χ4n) is 1.19. The highest BCUT2D eigenvalue weighted by atomic mass is 32.2. The summed E-state index contributed by atoms with van der Waals surface area (Å²) in [6.45, 7) is 9.23. The van der Waals surface area contributed by atoms with Gasteiger partial charge in [-0.25, -0.2) is 4.39 Å². The molecule has 0 spiro atoms. The van der Waals surface area contributed by atoms with E-state index >= 15 is 0 Å². The van der Waals surface area contributed by atoms with Gasteiger partial charge < -0.3 is 0 Å². The number of carbonyl (C=O) groups is 1. The van der Waals surface area contributed by atoms with Gasteiger partial charge in [0.1, 0.15) is 11.5 Å². The van der Waals surface area contributed by atoms with E-state index in [4.69, 9.17) is 0 Å². The average Bonchev–Trinajstić information content (AvgIpc) is 2.45. The second kappa shape index (κ2) is 10.9.